The Kier molecular flexibility index (Phi) is 6.13. The van der Waals surface area contributed by atoms with Crippen LogP contribution in [0.1, 0.15) is 11.4 Å². The third kappa shape index (κ3) is 4.65. The van der Waals surface area contributed by atoms with Crippen LogP contribution in [0.4, 0.5) is 0 Å². The van der Waals surface area contributed by atoms with E-state index in [4.69, 9.17) is 34.8 Å². The monoisotopic (exact) mass is 490 g/mol. The molecule has 0 atom stereocenters. The highest BCUT2D eigenvalue weighted by atomic mass is 35.5. The van der Waals surface area contributed by atoms with Gasteiger partial charge in [0, 0.05) is 25.1 Å². The summed E-state index contributed by atoms with van der Waals surface area (Å²) in [6.07, 6.45) is 5.21. The zero-order valence-corrected chi connectivity index (χ0v) is 19.5. The topological polar surface area (TPSA) is 52.0 Å². The molecule has 8 heteroatoms. The van der Waals surface area contributed by atoms with E-state index in [-0.39, 0.29) is 4.90 Å². The van der Waals surface area contributed by atoms with Crippen LogP contribution in [0.5, 0.6) is 0 Å². The normalized spacial score (nSPS) is 11.6. The molecule has 0 saturated carbocycles. The number of sulfone groups is 1. The van der Waals surface area contributed by atoms with Crippen molar-refractivity contribution in [1.29, 1.82) is 0 Å². The van der Waals surface area contributed by atoms with Gasteiger partial charge in [0.05, 0.1) is 25.7 Å². The third-order valence-electron chi connectivity index (χ3n) is 4.90. The Balaban J connectivity index is 1.69. The summed E-state index contributed by atoms with van der Waals surface area (Å²) in [4.78, 5) is 4.72. The van der Waals surface area contributed by atoms with Gasteiger partial charge < -0.3 is 4.57 Å². The van der Waals surface area contributed by atoms with Crippen LogP contribution in [0.2, 0.25) is 15.1 Å². The molecule has 0 aliphatic heterocycles. The molecule has 31 heavy (non-hydrogen) atoms. The summed E-state index contributed by atoms with van der Waals surface area (Å²) < 4.78 is 25.6. The molecule has 4 aromatic rings. The lowest BCUT2D eigenvalue weighted by Crippen LogP contribution is -2.03. The quantitative estimate of drug-likeness (QED) is 0.320. The second-order valence-corrected chi connectivity index (χ2v) is 10.3. The summed E-state index contributed by atoms with van der Waals surface area (Å²) >= 11 is 19.1. The van der Waals surface area contributed by atoms with Gasteiger partial charge in [-0.1, -0.05) is 65.1 Å². The van der Waals surface area contributed by atoms with E-state index in [0.29, 0.717) is 21.5 Å². The first kappa shape index (κ1) is 21.9. The van der Waals surface area contributed by atoms with E-state index >= 15 is 0 Å². The summed E-state index contributed by atoms with van der Waals surface area (Å²) in [6, 6.07) is 17.9. The van der Waals surface area contributed by atoms with Gasteiger partial charge in [0.1, 0.15) is 5.82 Å². The van der Waals surface area contributed by atoms with E-state index in [0.717, 1.165) is 28.2 Å². The molecular weight excluding hydrogens is 475 g/mol. The Hall–Kier alpha value is -2.31. The number of hydrogen-bond acceptors (Lipinski definition) is 3. The van der Waals surface area contributed by atoms with Crippen molar-refractivity contribution in [3.8, 4) is 16.8 Å². The average molecular weight is 492 g/mol. The van der Waals surface area contributed by atoms with Gasteiger partial charge in [-0.2, -0.15) is 0 Å². The van der Waals surface area contributed by atoms with Crippen molar-refractivity contribution in [3.05, 3.63) is 99.5 Å². The predicted molar refractivity (Wildman–Crippen MR) is 126 cm³/mol. The number of rotatable bonds is 5. The number of hydrogen-bond donors (Lipinski definition) is 0. The number of aromatic nitrogens is 2. The Morgan fingerprint density at radius 1 is 0.903 bits per heavy atom. The highest BCUT2D eigenvalue weighted by Crippen LogP contribution is 2.31. The van der Waals surface area contributed by atoms with Crippen LogP contribution in [0.3, 0.4) is 0 Å². The fourth-order valence-electron chi connectivity index (χ4n) is 3.33. The molecule has 0 aliphatic carbocycles. The highest BCUT2D eigenvalue weighted by Gasteiger charge is 2.14. The third-order valence-corrected chi connectivity index (χ3v) is 7.17. The average Bonchev–Trinajstić information content (AvgIpc) is 3.18. The summed E-state index contributed by atoms with van der Waals surface area (Å²) in [5.41, 5.74) is 3.22. The molecule has 0 bridgehead atoms. The summed E-state index contributed by atoms with van der Waals surface area (Å²) in [5, 5.41) is 1.51. The first-order chi connectivity index (χ1) is 14.7. The summed E-state index contributed by atoms with van der Waals surface area (Å²) in [5.74, 6) is 0.762. The molecule has 1 heterocycles. The molecule has 4 nitrogen and oxygen atoms in total. The number of nitrogens with zero attached hydrogens (tertiary/aromatic N) is 2. The minimum atomic E-state index is -3.29. The maximum absolute atomic E-state index is 11.9. The maximum Gasteiger partial charge on any atom is 0.175 e. The standard InChI is InChI=1S/C23H17Cl3N2O2S/c1-31(29,30)18-6-2-4-15(12-18)16-8-9-21(20(25)13-16)28-11-10-27-22(28)14-17-5-3-7-19(24)23(17)26/h2-13H,14H2,1H3. The van der Waals surface area contributed by atoms with Gasteiger partial charge in [-0.05, 0) is 47.0 Å². The van der Waals surface area contributed by atoms with Crippen molar-refractivity contribution in [1.82, 2.24) is 9.55 Å². The lowest BCUT2D eigenvalue weighted by atomic mass is 10.1. The Morgan fingerprint density at radius 3 is 2.39 bits per heavy atom. The van der Waals surface area contributed by atoms with Gasteiger partial charge in [-0.15, -0.1) is 0 Å². The molecule has 1 aromatic heterocycles. The van der Waals surface area contributed by atoms with Gasteiger partial charge >= 0.3 is 0 Å². The van der Waals surface area contributed by atoms with Crippen molar-refractivity contribution < 1.29 is 8.42 Å². The summed E-state index contributed by atoms with van der Waals surface area (Å²) in [7, 11) is -3.29. The van der Waals surface area contributed by atoms with Gasteiger partial charge in [-0.3, -0.25) is 0 Å². The molecule has 0 amide bonds. The van der Waals surface area contributed by atoms with Crippen LogP contribution in [-0.4, -0.2) is 24.2 Å². The van der Waals surface area contributed by atoms with Crippen LogP contribution in [-0.2, 0) is 16.3 Å². The SMILES string of the molecule is CS(=O)(=O)c1cccc(-c2ccc(-n3ccnc3Cc3cccc(Cl)c3Cl)c(Cl)c2)c1. The van der Waals surface area contributed by atoms with E-state index in [9.17, 15) is 8.42 Å². The zero-order valence-electron chi connectivity index (χ0n) is 16.4. The van der Waals surface area contributed by atoms with E-state index in [1.54, 1.807) is 30.5 Å². The van der Waals surface area contributed by atoms with Gasteiger partial charge in [0.25, 0.3) is 0 Å². The fourth-order valence-corrected chi connectivity index (χ4v) is 4.65. The van der Waals surface area contributed by atoms with Crippen molar-refractivity contribution in [2.75, 3.05) is 6.26 Å². The first-order valence-electron chi connectivity index (χ1n) is 9.29. The molecular formula is C23H17Cl3N2O2S. The molecule has 0 aliphatic rings. The second-order valence-electron chi connectivity index (χ2n) is 7.07. The van der Waals surface area contributed by atoms with Crippen molar-refractivity contribution in [2.45, 2.75) is 11.3 Å². The summed E-state index contributed by atoms with van der Waals surface area (Å²) in [6.45, 7) is 0. The highest BCUT2D eigenvalue weighted by molar-refractivity contribution is 7.90. The molecule has 0 fully saturated rings. The molecule has 4 rings (SSSR count). The van der Waals surface area contributed by atoms with Crippen molar-refractivity contribution in [2.24, 2.45) is 0 Å². The maximum atomic E-state index is 11.9. The molecule has 0 spiro atoms. The van der Waals surface area contributed by atoms with E-state index in [2.05, 4.69) is 4.98 Å². The first-order valence-corrected chi connectivity index (χ1v) is 12.3. The van der Waals surface area contributed by atoms with E-state index < -0.39 is 9.84 Å². The van der Waals surface area contributed by atoms with Crippen LogP contribution in [0.15, 0.2) is 78.0 Å². The minimum absolute atomic E-state index is 0.264. The van der Waals surface area contributed by atoms with Crippen LogP contribution >= 0.6 is 34.8 Å². The molecule has 0 radical (unpaired) electrons. The van der Waals surface area contributed by atoms with Crippen LogP contribution in [0, 0.1) is 0 Å². The van der Waals surface area contributed by atoms with E-state index in [1.807, 2.05) is 47.2 Å². The number of halogens is 3. The Bertz CT molecular complexity index is 1380. The second kappa shape index (κ2) is 8.67. The Morgan fingerprint density at radius 2 is 1.65 bits per heavy atom. The predicted octanol–water partition coefficient (Wildman–Crippen LogP) is 6.49. The van der Waals surface area contributed by atoms with Gasteiger partial charge in [0.15, 0.2) is 9.84 Å². The fraction of sp³-hybridized carbons (Fsp3) is 0.0870. The lowest BCUT2D eigenvalue weighted by Gasteiger charge is -2.13. The van der Waals surface area contributed by atoms with Crippen LogP contribution < -0.4 is 0 Å². The van der Waals surface area contributed by atoms with Gasteiger partial charge in [0.2, 0.25) is 0 Å². The minimum Gasteiger partial charge on any atom is -0.302 e. The molecule has 3 aromatic carbocycles. The number of benzene rings is 3. The molecule has 0 N–H and O–H groups in total. The largest absolute Gasteiger partial charge is 0.302 e. The van der Waals surface area contributed by atoms with Gasteiger partial charge in [-0.25, -0.2) is 13.4 Å². The number of imidazole rings is 1. The molecule has 158 valence electrons. The van der Waals surface area contributed by atoms with Crippen LogP contribution in [0.25, 0.3) is 16.8 Å². The smallest absolute Gasteiger partial charge is 0.175 e. The molecule has 0 unspecified atom stereocenters. The molecule has 0 saturated heterocycles. The van der Waals surface area contributed by atoms with Crippen molar-refractivity contribution >= 4 is 44.6 Å². The lowest BCUT2D eigenvalue weighted by molar-refractivity contribution is 0.602. The zero-order chi connectivity index (χ0) is 22.2. The van der Waals surface area contributed by atoms with Crippen molar-refractivity contribution in [3.63, 3.8) is 0 Å². The Labute approximate surface area is 196 Å². The van der Waals surface area contributed by atoms with E-state index in [1.165, 1.54) is 6.26 Å².